The Morgan fingerprint density at radius 1 is 0.828 bits per heavy atom. The van der Waals surface area contributed by atoms with Crippen LogP contribution in [0, 0.1) is 0 Å². The zero-order valence-electron chi connectivity index (χ0n) is 18.8. The first kappa shape index (κ1) is 27.6. The summed E-state index contributed by atoms with van der Waals surface area (Å²) in [4.78, 5) is 22.3. The minimum absolute atomic E-state index is 0.0674. The third kappa shape index (κ3) is 21.2. The van der Waals surface area contributed by atoms with Crippen molar-refractivity contribution in [1.82, 2.24) is 5.32 Å². The molecule has 0 aliphatic heterocycles. The fraction of sp³-hybridized carbons (Fsp3) is 0.833. The fourth-order valence-corrected chi connectivity index (χ4v) is 3.35. The van der Waals surface area contributed by atoms with E-state index in [1.54, 1.807) is 6.08 Å². The molecule has 5 heteroatoms. The van der Waals surface area contributed by atoms with Crippen molar-refractivity contribution in [2.24, 2.45) is 5.73 Å². The van der Waals surface area contributed by atoms with E-state index in [1.807, 2.05) is 6.08 Å². The van der Waals surface area contributed by atoms with Gasteiger partial charge in [-0.2, -0.15) is 0 Å². The van der Waals surface area contributed by atoms with Crippen LogP contribution in [0.1, 0.15) is 116 Å². The summed E-state index contributed by atoms with van der Waals surface area (Å²) >= 11 is 0. The van der Waals surface area contributed by atoms with Crippen LogP contribution in [0.2, 0.25) is 0 Å². The van der Waals surface area contributed by atoms with E-state index in [4.69, 9.17) is 10.8 Å². The lowest BCUT2D eigenvalue weighted by Crippen LogP contribution is -2.30. The van der Waals surface area contributed by atoms with Crippen LogP contribution in [0.4, 0.5) is 0 Å². The second kappa shape index (κ2) is 21.4. The van der Waals surface area contributed by atoms with Crippen molar-refractivity contribution < 1.29 is 14.7 Å². The second-order valence-corrected chi connectivity index (χ2v) is 8.17. The smallest absolute Gasteiger partial charge is 0.320 e. The highest BCUT2D eigenvalue weighted by Crippen LogP contribution is 2.13. The number of carbonyl (C=O) groups excluding carboxylic acids is 1. The van der Waals surface area contributed by atoms with Crippen molar-refractivity contribution >= 4 is 11.9 Å². The standard InChI is InChI=1S/C24H46N2O3/c1-2-3-4-5-6-7-8-9-10-11-12-13-14-15-16-20-23(27)26-21-18-17-19-22(25)24(28)29/h16,20,22H,2-15,17-19,21,25H2,1H3,(H,26,27)(H,28,29)/b20-16+/t22-/m0/s1. The quantitative estimate of drug-likeness (QED) is 0.167. The maximum Gasteiger partial charge on any atom is 0.320 e. The normalized spacial score (nSPS) is 12.3. The number of rotatable bonds is 21. The molecule has 0 aliphatic carbocycles. The highest BCUT2D eigenvalue weighted by atomic mass is 16.4. The van der Waals surface area contributed by atoms with Gasteiger partial charge in [0.25, 0.3) is 0 Å². The van der Waals surface area contributed by atoms with Crippen LogP contribution in [0.3, 0.4) is 0 Å². The largest absolute Gasteiger partial charge is 0.480 e. The Hall–Kier alpha value is -1.36. The maximum atomic E-state index is 11.7. The molecule has 0 bridgehead atoms. The molecule has 170 valence electrons. The van der Waals surface area contributed by atoms with Gasteiger partial charge < -0.3 is 16.2 Å². The average molecular weight is 411 g/mol. The molecule has 0 aromatic rings. The van der Waals surface area contributed by atoms with Gasteiger partial charge in [-0.15, -0.1) is 0 Å². The zero-order chi connectivity index (χ0) is 21.6. The van der Waals surface area contributed by atoms with Crippen LogP contribution in [0.5, 0.6) is 0 Å². The maximum absolute atomic E-state index is 11.7. The van der Waals surface area contributed by atoms with Crippen LogP contribution in [0.25, 0.3) is 0 Å². The molecule has 0 radical (unpaired) electrons. The molecule has 0 unspecified atom stereocenters. The molecule has 0 aliphatic rings. The van der Waals surface area contributed by atoms with E-state index in [9.17, 15) is 9.59 Å². The van der Waals surface area contributed by atoms with Gasteiger partial charge in [0.15, 0.2) is 0 Å². The van der Waals surface area contributed by atoms with Crippen LogP contribution < -0.4 is 11.1 Å². The van der Waals surface area contributed by atoms with E-state index in [0.717, 1.165) is 19.3 Å². The summed E-state index contributed by atoms with van der Waals surface area (Å²) in [5.41, 5.74) is 5.43. The third-order valence-electron chi connectivity index (χ3n) is 5.30. The molecule has 0 saturated heterocycles. The number of aliphatic carboxylic acids is 1. The minimum Gasteiger partial charge on any atom is -0.480 e. The summed E-state index contributed by atoms with van der Waals surface area (Å²) in [6.07, 6.45) is 24.0. The molecule has 5 nitrogen and oxygen atoms in total. The number of nitrogens with two attached hydrogens (primary N) is 1. The first-order valence-electron chi connectivity index (χ1n) is 12.0. The van der Waals surface area contributed by atoms with Gasteiger partial charge in [0, 0.05) is 6.54 Å². The predicted octanol–water partition coefficient (Wildman–Crippen LogP) is 5.72. The number of hydrogen-bond acceptors (Lipinski definition) is 3. The molecule has 0 fully saturated rings. The predicted molar refractivity (Wildman–Crippen MR) is 122 cm³/mol. The van der Waals surface area contributed by atoms with Gasteiger partial charge in [-0.05, 0) is 38.2 Å². The Morgan fingerprint density at radius 2 is 1.34 bits per heavy atom. The van der Waals surface area contributed by atoms with Gasteiger partial charge >= 0.3 is 5.97 Å². The van der Waals surface area contributed by atoms with Crippen molar-refractivity contribution in [3.8, 4) is 0 Å². The summed E-state index contributed by atoms with van der Waals surface area (Å²) in [7, 11) is 0. The van der Waals surface area contributed by atoms with E-state index in [0.29, 0.717) is 19.4 Å². The van der Waals surface area contributed by atoms with E-state index < -0.39 is 12.0 Å². The summed E-state index contributed by atoms with van der Waals surface area (Å²) in [6, 6.07) is -0.800. The van der Waals surface area contributed by atoms with E-state index in [2.05, 4.69) is 12.2 Å². The van der Waals surface area contributed by atoms with Crippen molar-refractivity contribution in [3.63, 3.8) is 0 Å². The zero-order valence-corrected chi connectivity index (χ0v) is 18.8. The Balaban J connectivity index is 3.30. The van der Waals surface area contributed by atoms with E-state index in [-0.39, 0.29) is 5.91 Å². The molecule has 1 atom stereocenters. The van der Waals surface area contributed by atoms with Crippen LogP contribution in [-0.2, 0) is 9.59 Å². The number of carboxylic acid groups (broad SMARTS) is 1. The van der Waals surface area contributed by atoms with E-state index >= 15 is 0 Å². The first-order chi connectivity index (χ1) is 14.1. The summed E-state index contributed by atoms with van der Waals surface area (Å²) < 4.78 is 0. The lowest BCUT2D eigenvalue weighted by molar-refractivity contribution is -0.138. The highest BCUT2D eigenvalue weighted by Gasteiger charge is 2.09. The molecule has 4 N–H and O–H groups in total. The molecular weight excluding hydrogens is 364 g/mol. The topological polar surface area (TPSA) is 92.4 Å². The van der Waals surface area contributed by atoms with Crippen molar-refractivity contribution in [2.75, 3.05) is 6.54 Å². The number of hydrogen-bond donors (Lipinski definition) is 3. The van der Waals surface area contributed by atoms with Gasteiger partial charge in [0.05, 0.1) is 0 Å². The average Bonchev–Trinajstić information content (AvgIpc) is 2.70. The van der Waals surface area contributed by atoms with Gasteiger partial charge in [-0.1, -0.05) is 90.0 Å². The molecule has 0 rings (SSSR count). The van der Waals surface area contributed by atoms with Gasteiger partial charge in [0.2, 0.25) is 5.91 Å². The van der Waals surface area contributed by atoms with Gasteiger partial charge in [-0.3, -0.25) is 9.59 Å². The fourth-order valence-electron chi connectivity index (χ4n) is 3.35. The van der Waals surface area contributed by atoms with E-state index in [1.165, 1.54) is 77.0 Å². The van der Waals surface area contributed by atoms with Gasteiger partial charge in [0.1, 0.15) is 6.04 Å². The number of carbonyl (C=O) groups is 2. The number of amides is 1. The highest BCUT2D eigenvalue weighted by molar-refractivity contribution is 5.87. The summed E-state index contributed by atoms with van der Waals surface area (Å²) in [5, 5.41) is 11.5. The first-order valence-corrected chi connectivity index (χ1v) is 12.0. The molecule has 1 amide bonds. The van der Waals surface area contributed by atoms with Crippen molar-refractivity contribution in [3.05, 3.63) is 12.2 Å². The monoisotopic (exact) mass is 410 g/mol. The van der Waals surface area contributed by atoms with Crippen molar-refractivity contribution in [2.45, 2.75) is 122 Å². The summed E-state index contributed by atoms with van der Waals surface area (Å²) in [5.74, 6) is -1.03. The molecule has 0 spiro atoms. The molecule has 0 saturated carbocycles. The Labute approximate surface area is 178 Å². The molecular formula is C24H46N2O3. The third-order valence-corrected chi connectivity index (χ3v) is 5.30. The van der Waals surface area contributed by atoms with Gasteiger partial charge in [-0.25, -0.2) is 0 Å². The molecule has 0 heterocycles. The second-order valence-electron chi connectivity index (χ2n) is 8.17. The Morgan fingerprint density at radius 3 is 1.86 bits per heavy atom. The number of unbranched alkanes of at least 4 members (excludes halogenated alkanes) is 14. The SMILES string of the molecule is CCCCCCCCCCCCCCC/C=C/C(=O)NCCCC[C@H](N)C(=O)O. The Bertz CT molecular complexity index is 424. The Kier molecular flexibility index (Phi) is 20.3. The van der Waals surface area contributed by atoms with Crippen molar-refractivity contribution in [1.29, 1.82) is 0 Å². The van der Waals surface area contributed by atoms with Crippen LogP contribution >= 0.6 is 0 Å². The number of nitrogens with one attached hydrogen (secondary N) is 1. The minimum atomic E-state index is -0.967. The lowest BCUT2D eigenvalue weighted by Gasteiger charge is -2.06. The lowest BCUT2D eigenvalue weighted by atomic mass is 10.0. The number of carboxylic acids is 1. The number of allylic oxidation sites excluding steroid dienone is 1. The molecule has 0 aromatic carbocycles. The molecule has 0 aromatic heterocycles. The molecule has 29 heavy (non-hydrogen) atoms. The van der Waals surface area contributed by atoms with Crippen LogP contribution in [-0.4, -0.2) is 29.6 Å². The van der Waals surface area contributed by atoms with Crippen LogP contribution in [0.15, 0.2) is 12.2 Å². The summed E-state index contributed by atoms with van der Waals surface area (Å²) in [6.45, 7) is 2.83.